The normalized spacial score (nSPS) is 10.7. The molecular formula is C9H18N4O. The van der Waals surface area contributed by atoms with Crippen LogP contribution < -0.4 is 5.32 Å². The number of aromatic nitrogens is 3. The maximum absolute atomic E-state index is 5.35. The van der Waals surface area contributed by atoms with Crippen molar-refractivity contribution >= 4 is 0 Å². The molecule has 1 N–H and O–H groups in total. The number of nitrogens with one attached hydrogen (secondary N) is 1. The summed E-state index contributed by atoms with van der Waals surface area (Å²) in [5.41, 5.74) is 0.961. The van der Waals surface area contributed by atoms with Crippen LogP contribution in [0, 0.1) is 0 Å². The molecule has 1 heterocycles. The Hall–Kier alpha value is -0.940. The van der Waals surface area contributed by atoms with Crippen molar-refractivity contribution in [1.82, 2.24) is 20.3 Å². The molecule has 14 heavy (non-hydrogen) atoms. The second kappa shape index (κ2) is 6.50. The zero-order chi connectivity index (χ0) is 10.2. The summed E-state index contributed by atoms with van der Waals surface area (Å²) in [5.74, 6) is 0. The molecule has 0 amide bonds. The Balaban J connectivity index is 2.22. The fourth-order valence-electron chi connectivity index (χ4n) is 1.11. The lowest BCUT2D eigenvalue weighted by Crippen LogP contribution is -2.07. The van der Waals surface area contributed by atoms with Crippen LogP contribution in [-0.4, -0.2) is 35.3 Å². The lowest BCUT2D eigenvalue weighted by atomic mass is 10.5. The summed E-state index contributed by atoms with van der Waals surface area (Å²) in [6, 6.07) is 0. The second-order valence-corrected chi connectivity index (χ2v) is 3.12. The van der Waals surface area contributed by atoms with Gasteiger partial charge in [-0.2, -0.15) is 0 Å². The maximum Gasteiger partial charge on any atom is 0.0964 e. The molecule has 5 nitrogen and oxygen atoms in total. The van der Waals surface area contributed by atoms with Crippen molar-refractivity contribution in [3.05, 3.63) is 11.9 Å². The summed E-state index contributed by atoms with van der Waals surface area (Å²) >= 11 is 0. The van der Waals surface area contributed by atoms with E-state index in [4.69, 9.17) is 4.74 Å². The Morgan fingerprint density at radius 1 is 1.50 bits per heavy atom. The lowest BCUT2D eigenvalue weighted by Gasteiger charge is -2.01. The average Bonchev–Trinajstić information content (AvgIpc) is 2.61. The van der Waals surface area contributed by atoms with Gasteiger partial charge in [0.05, 0.1) is 18.8 Å². The first-order valence-corrected chi connectivity index (χ1v) is 4.98. The Labute approximate surface area is 84.4 Å². The zero-order valence-corrected chi connectivity index (χ0v) is 8.86. The molecule has 0 bridgehead atoms. The highest BCUT2D eigenvalue weighted by molar-refractivity contribution is 4.90. The number of hydrogen-bond donors (Lipinski definition) is 1. The molecule has 0 unspecified atom stereocenters. The van der Waals surface area contributed by atoms with Crippen molar-refractivity contribution in [2.45, 2.75) is 26.4 Å². The van der Waals surface area contributed by atoms with Crippen molar-refractivity contribution in [2.24, 2.45) is 0 Å². The van der Waals surface area contributed by atoms with Crippen LogP contribution >= 0.6 is 0 Å². The zero-order valence-electron chi connectivity index (χ0n) is 8.86. The number of ether oxygens (including phenoxy) is 1. The average molecular weight is 198 g/mol. The van der Waals surface area contributed by atoms with Crippen molar-refractivity contribution in [3.63, 3.8) is 0 Å². The molecule has 0 aliphatic heterocycles. The molecule has 0 spiro atoms. The highest BCUT2D eigenvalue weighted by atomic mass is 16.5. The topological polar surface area (TPSA) is 52.0 Å². The van der Waals surface area contributed by atoms with E-state index >= 15 is 0 Å². The summed E-state index contributed by atoms with van der Waals surface area (Å²) in [6.45, 7) is 5.15. The van der Waals surface area contributed by atoms with E-state index in [9.17, 15) is 0 Å². The Bertz CT molecular complexity index is 249. The predicted octanol–water partition coefficient (Wildman–Crippen LogP) is 0.424. The van der Waals surface area contributed by atoms with E-state index in [1.807, 2.05) is 17.9 Å². The molecule has 5 heteroatoms. The van der Waals surface area contributed by atoms with Gasteiger partial charge in [-0.15, -0.1) is 5.10 Å². The van der Waals surface area contributed by atoms with Crippen LogP contribution in [0.3, 0.4) is 0 Å². The van der Waals surface area contributed by atoms with Crippen molar-refractivity contribution in [2.75, 3.05) is 20.3 Å². The minimum atomic E-state index is 0.705. The van der Waals surface area contributed by atoms with E-state index in [2.05, 4.69) is 22.6 Å². The second-order valence-electron chi connectivity index (χ2n) is 3.12. The molecule has 0 aliphatic carbocycles. The quantitative estimate of drug-likeness (QED) is 0.645. The molecule has 0 saturated heterocycles. The first kappa shape index (κ1) is 11.1. The highest BCUT2D eigenvalue weighted by Crippen LogP contribution is 1.92. The summed E-state index contributed by atoms with van der Waals surface area (Å²) in [4.78, 5) is 0. The minimum Gasteiger partial charge on any atom is -0.380 e. The molecule has 1 rings (SSSR count). The van der Waals surface area contributed by atoms with Crippen LogP contribution in [-0.2, 0) is 17.8 Å². The molecule has 0 fully saturated rings. The highest BCUT2D eigenvalue weighted by Gasteiger charge is 1.98. The van der Waals surface area contributed by atoms with Crippen LogP contribution in [0.1, 0.15) is 19.0 Å². The fraction of sp³-hybridized carbons (Fsp3) is 0.778. The molecule has 0 atom stereocenters. The van der Waals surface area contributed by atoms with Crippen molar-refractivity contribution in [1.29, 1.82) is 0 Å². The molecular weight excluding hydrogens is 180 g/mol. The minimum absolute atomic E-state index is 0.705. The van der Waals surface area contributed by atoms with Gasteiger partial charge in [0.25, 0.3) is 0 Å². The number of rotatable bonds is 7. The fourth-order valence-corrected chi connectivity index (χ4v) is 1.11. The van der Waals surface area contributed by atoms with E-state index < -0.39 is 0 Å². The summed E-state index contributed by atoms with van der Waals surface area (Å²) in [6.07, 6.45) is 2.99. The summed E-state index contributed by atoms with van der Waals surface area (Å²) < 4.78 is 7.16. The van der Waals surface area contributed by atoms with Gasteiger partial charge in [0.2, 0.25) is 0 Å². The van der Waals surface area contributed by atoms with E-state index in [0.717, 1.165) is 31.8 Å². The van der Waals surface area contributed by atoms with Gasteiger partial charge in [-0.25, -0.2) is 4.68 Å². The van der Waals surface area contributed by atoms with Gasteiger partial charge in [0.1, 0.15) is 0 Å². The Kier molecular flexibility index (Phi) is 5.17. The van der Waals surface area contributed by atoms with Gasteiger partial charge in [-0.3, -0.25) is 0 Å². The first-order valence-electron chi connectivity index (χ1n) is 4.98. The first-order chi connectivity index (χ1) is 6.86. The maximum atomic E-state index is 5.35. The van der Waals surface area contributed by atoms with Crippen molar-refractivity contribution < 1.29 is 4.74 Å². The van der Waals surface area contributed by atoms with Crippen LogP contribution in [0.15, 0.2) is 6.20 Å². The monoisotopic (exact) mass is 198 g/mol. The number of hydrogen-bond acceptors (Lipinski definition) is 4. The van der Waals surface area contributed by atoms with Crippen LogP contribution in [0.2, 0.25) is 0 Å². The van der Waals surface area contributed by atoms with Gasteiger partial charge >= 0.3 is 0 Å². The van der Waals surface area contributed by atoms with Crippen molar-refractivity contribution in [3.8, 4) is 0 Å². The van der Waals surface area contributed by atoms with Gasteiger partial charge < -0.3 is 10.1 Å². The molecule has 1 aromatic rings. The van der Waals surface area contributed by atoms with E-state index in [1.165, 1.54) is 0 Å². The predicted molar refractivity (Wildman–Crippen MR) is 53.9 cm³/mol. The summed E-state index contributed by atoms with van der Waals surface area (Å²) in [5, 5.41) is 11.0. The molecule has 0 aromatic carbocycles. The Morgan fingerprint density at radius 3 is 3.07 bits per heavy atom. The van der Waals surface area contributed by atoms with Crippen LogP contribution in [0.5, 0.6) is 0 Å². The Morgan fingerprint density at radius 2 is 2.36 bits per heavy atom. The summed E-state index contributed by atoms with van der Waals surface area (Å²) in [7, 11) is 1.89. The van der Waals surface area contributed by atoms with Gasteiger partial charge in [-0.1, -0.05) is 12.1 Å². The third-order valence-electron chi connectivity index (χ3n) is 1.76. The van der Waals surface area contributed by atoms with E-state index in [1.54, 1.807) is 0 Å². The largest absolute Gasteiger partial charge is 0.380 e. The molecule has 1 aromatic heterocycles. The van der Waals surface area contributed by atoms with Gasteiger partial charge in [-0.05, 0) is 13.5 Å². The molecule has 80 valence electrons. The number of nitrogens with zero attached hydrogens (tertiary/aromatic N) is 3. The van der Waals surface area contributed by atoms with Gasteiger partial charge in [0.15, 0.2) is 0 Å². The lowest BCUT2D eigenvalue weighted by molar-refractivity contribution is 0.124. The van der Waals surface area contributed by atoms with Gasteiger partial charge in [0, 0.05) is 19.3 Å². The van der Waals surface area contributed by atoms with Crippen LogP contribution in [0.4, 0.5) is 0 Å². The van der Waals surface area contributed by atoms with Crippen LogP contribution in [0.25, 0.3) is 0 Å². The third kappa shape index (κ3) is 3.85. The molecule has 0 aliphatic rings. The van der Waals surface area contributed by atoms with E-state index in [0.29, 0.717) is 6.61 Å². The third-order valence-corrected chi connectivity index (χ3v) is 1.76. The SMILES string of the molecule is CCCOCCn1cc(CNC)nn1. The smallest absolute Gasteiger partial charge is 0.0964 e. The molecule has 0 saturated carbocycles. The van der Waals surface area contributed by atoms with E-state index in [-0.39, 0.29) is 0 Å². The standard InChI is InChI=1S/C9H18N4O/c1-3-5-14-6-4-13-8-9(7-10-2)11-12-13/h8,10H,3-7H2,1-2H3. The molecule has 0 radical (unpaired) electrons.